The molecule has 0 radical (unpaired) electrons. The Hall–Kier alpha value is -0.273. The Morgan fingerprint density at radius 3 is 2.42 bits per heavy atom. The summed E-state index contributed by atoms with van der Waals surface area (Å²) in [6.07, 6.45) is 7.40. The van der Waals surface area contributed by atoms with E-state index in [1.54, 1.807) is 0 Å². The number of methoxy groups -OCH3 is 1. The van der Waals surface area contributed by atoms with Crippen molar-refractivity contribution in [3.05, 3.63) is 16.1 Å². The van der Waals surface area contributed by atoms with Crippen molar-refractivity contribution in [2.75, 3.05) is 14.2 Å². The van der Waals surface area contributed by atoms with E-state index in [2.05, 4.69) is 57.7 Å². The Morgan fingerprint density at radius 2 is 1.88 bits per heavy atom. The smallest absolute Gasteiger partial charge is 0.193 e. The summed E-state index contributed by atoms with van der Waals surface area (Å²) in [7, 11) is 2.31. The van der Waals surface area contributed by atoms with Crippen LogP contribution in [0, 0.1) is 0 Å². The number of rotatable bonds is 7. The van der Waals surface area contributed by atoms with Gasteiger partial charge in [-0.1, -0.05) is 20.8 Å². The van der Waals surface area contributed by atoms with E-state index in [1.165, 1.54) is 30.6 Å². The summed E-state index contributed by atoms with van der Waals surface area (Å²) in [5.74, 6) is 0. The van der Waals surface area contributed by atoms with Crippen LogP contribution in [0.3, 0.4) is 0 Å². The third-order valence-electron chi connectivity index (χ3n) is 6.20. The molecule has 1 aromatic rings. The van der Waals surface area contributed by atoms with Gasteiger partial charge in [0.05, 0.1) is 12.2 Å². The Bertz CT molecular complexity index is 562. The highest BCUT2D eigenvalue weighted by Gasteiger charge is 2.39. The molecule has 1 aliphatic carbocycles. The predicted octanol–water partition coefficient (Wildman–Crippen LogP) is 5.62. The fourth-order valence-electron chi connectivity index (χ4n) is 3.35. The summed E-state index contributed by atoms with van der Waals surface area (Å²) in [5.41, 5.74) is 0. The number of nitrogens with zero attached hydrogens (tertiary/aromatic N) is 2. The monoisotopic (exact) mass is 398 g/mol. The van der Waals surface area contributed by atoms with Gasteiger partial charge in [-0.05, 0) is 57.8 Å². The van der Waals surface area contributed by atoms with Crippen LogP contribution in [0.5, 0.6) is 0 Å². The average molecular weight is 399 g/mol. The van der Waals surface area contributed by atoms with Gasteiger partial charge in [-0.15, -0.1) is 11.3 Å². The lowest BCUT2D eigenvalue weighted by Crippen LogP contribution is -2.41. The van der Waals surface area contributed by atoms with Gasteiger partial charge in [0.1, 0.15) is 5.01 Å². The van der Waals surface area contributed by atoms with Crippen LogP contribution in [0.1, 0.15) is 69.4 Å². The lowest BCUT2D eigenvalue weighted by atomic mass is 9.92. The fraction of sp³-hybridized carbons (Fsp3) is 0.850. The number of ether oxygens (including phenoxy) is 1. The lowest BCUT2D eigenvalue weighted by molar-refractivity contribution is 0.0429. The third kappa shape index (κ3) is 5.61. The second-order valence-electron chi connectivity index (χ2n) is 9.27. The standard InChI is InChI=1S/C20H38N2O2SSi/c1-15(24-26(7,8)20(2,3)4)19-21-13-18(25-19)14-22(5)16-9-11-17(23-6)12-10-16/h13,15-17H,9-12,14H2,1-8H3. The Balaban J connectivity index is 1.91. The maximum absolute atomic E-state index is 6.51. The molecular weight excluding hydrogens is 360 g/mol. The van der Waals surface area contributed by atoms with Crippen molar-refractivity contribution < 1.29 is 9.16 Å². The van der Waals surface area contributed by atoms with Crippen molar-refractivity contribution >= 4 is 19.7 Å². The fourth-order valence-corrected chi connectivity index (χ4v) is 5.75. The van der Waals surface area contributed by atoms with Crippen molar-refractivity contribution in [2.45, 2.75) is 96.3 Å². The van der Waals surface area contributed by atoms with Crippen LogP contribution in [-0.2, 0) is 15.7 Å². The summed E-state index contributed by atoms with van der Waals surface area (Å²) in [5, 5.41) is 1.34. The summed E-state index contributed by atoms with van der Waals surface area (Å²) in [6.45, 7) is 14.6. The molecule has 1 aliphatic rings. The second kappa shape index (κ2) is 8.82. The molecule has 150 valence electrons. The van der Waals surface area contributed by atoms with E-state index in [4.69, 9.17) is 9.16 Å². The Morgan fingerprint density at radius 1 is 1.27 bits per heavy atom. The zero-order chi connectivity index (χ0) is 19.5. The molecule has 0 amide bonds. The molecule has 1 saturated carbocycles. The van der Waals surface area contributed by atoms with Crippen LogP contribution in [0.4, 0.5) is 0 Å². The molecule has 1 aromatic heterocycles. The average Bonchev–Trinajstić information content (AvgIpc) is 3.02. The first-order valence-corrected chi connectivity index (χ1v) is 13.6. The van der Waals surface area contributed by atoms with E-state index in [0.717, 1.165) is 11.6 Å². The zero-order valence-electron chi connectivity index (χ0n) is 18.0. The normalized spacial score (nSPS) is 23.4. The molecule has 0 aromatic carbocycles. The van der Waals surface area contributed by atoms with Gasteiger partial charge in [0, 0.05) is 30.8 Å². The van der Waals surface area contributed by atoms with Gasteiger partial charge in [-0.2, -0.15) is 0 Å². The molecule has 0 bridgehead atoms. The number of aromatic nitrogens is 1. The maximum atomic E-state index is 6.51. The zero-order valence-corrected chi connectivity index (χ0v) is 19.8. The minimum absolute atomic E-state index is 0.0806. The van der Waals surface area contributed by atoms with Crippen LogP contribution in [0.15, 0.2) is 6.20 Å². The van der Waals surface area contributed by atoms with Gasteiger partial charge in [-0.3, -0.25) is 4.90 Å². The van der Waals surface area contributed by atoms with Crippen LogP contribution in [-0.4, -0.2) is 44.5 Å². The summed E-state index contributed by atoms with van der Waals surface area (Å²) in [4.78, 5) is 8.50. The minimum atomic E-state index is -1.77. The number of hydrogen-bond acceptors (Lipinski definition) is 5. The van der Waals surface area contributed by atoms with Crippen molar-refractivity contribution in [1.82, 2.24) is 9.88 Å². The first-order valence-electron chi connectivity index (χ1n) is 9.89. The van der Waals surface area contributed by atoms with E-state index >= 15 is 0 Å². The molecule has 1 heterocycles. The first-order chi connectivity index (χ1) is 12.0. The van der Waals surface area contributed by atoms with E-state index in [-0.39, 0.29) is 11.1 Å². The van der Waals surface area contributed by atoms with E-state index in [9.17, 15) is 0 Å². The third-order valence-corrected chi connectivity index (χ3v) is 11.9. The quantitative estimate of drug-likeness (QED) is 0.559. The van der Waals surface area contributed by atoms with Crippen molar-refractivity contribution in [2.24, 2.45) is 0 Å². The highest BCUT2D eigenvalue weighted by atomic mass is 32.1. The van der Waals surface area contributed by atoms with Crippen molar-refractivity contribution in [3.63, 3.8) is 0 Å². The van der Waals surface area contributed by atoms with Gasteiger partial charge in [-0.25, -0.2) is 4.98 Å². The van der Waals surface area contributed by atoms with Crippen LogP contribution >= 0.6 is 11.3 Å². The molecule has 2 rings (SSSR count). The molecule has 1 atom stereocenters. The van der Waals surface area contributed by atoms with Gasteiger partial charge in [0.25, 0.3) is 0 Å². The summed E-state index contributed by atoms with van der Waals surface area (Å²) in [6, 6.07) is 0.660. The summed E-state index contributed by atoms with van der Waals surface area (Å²) < 4.78 is 12.0. The maximum Gasteiger partial charge on any atom is 0.193 e. The highest BCUT2D eigenvalue weighted by molar-refractivity contribution is 7.11. The first kappa shape index (κ1) is 22.0. The van der Waals surface area contributed by atoms with Gasteiger partial charge < -0.3 is 9.16 Å². The number of hydrogen-bond donors (Lipinski definition) is 0. The van der Waals surface area contributed by atoms with Gasteiger partial charge in [0.2, 0.25) is 0 Å². The predicted molar refractivity (Wildman–Crippen MR) is 113 cm³/mol. The lowest BCUT2D eigenvalue weighted by Gasteiger charge is -2.38. The van der Waals surface area contributed by atoms with Crippen LogP contribution in [0.2, 0.25) is 18.1 Å². The van der Waals surface area contributed by atoms with E-state index < -0.39 is 8.32 Å². The Labute approximate surface area is 165 Å². The molecule has 4 nitrogen and oxygen atoms in total. The Kier molecular flexibility index (Phi) is 7.47. The van der Waals surface area contributed by atoms with Gasteiger partial charge in [0.15, 0.2) is 8.32 Å². The molecule has 1 unspecified atom stereocenters. The molecule has 0 aliphatic heterocycles. The van der Waals surface area contributed by atoms with Gasteiger partial charge >= 0.3 is 0 Å². The molecular formula is C20H38N2O2SSi. The van der Waals surface area contributed by atoms with E-state index in [0.29, 0.717) is 12.1 Å². The molecule has 26 heavy (non-hydrogen) atoms. The topological polar surface area (TPSA) is 34.6 Å². The second-order valence-corrected chi connectivity index (χ2v) is 15.2. The molecule has 0 spiro atoms. The highest BCUT2D eigenvalue weighted by Crippen LogP contribution is 2.40. The van der Waals surface area contributed by atoms with Crippen LogP contribution in [0.25, 0.3) is 0 Å². The molecule has 1 fully saturated rings. The molecule has 0 saturated heterocycles. The molecule has 0 N–H and O–H groups in total. The van der Waals surface area contributed by atoms with E-state index in [1.807, 2.05) is 24.6 Å². The SMILES string of the molecule is COC1CCC(N(C)Cc2cnc(C(C)O[Si](C)(C)C(C)(C)C)s2)CC1. The minimum Gasteiger partial charge on any atom is -0.408 e. The van der Waals surface area contributed by atoms with Crippen molar-refractivity contribution in [1.29, 1.82) is 0 Å². The molecule has 6 heteroatoms. The largest absolute Gasteiger partial charge is 0.408 e. The van der Waals surface area contributed by atoms with Crippen LogP contribution < -0.4 is 0 Å². The summed E-state index contributed by atoms with van der Waals surface area (Å²) >= 11 is 1.81. The number of thiazole rings is 1. The van der Waals surface area contributed by atoms with Crippen molar-refractivity contribution in [3.8, 4) is 0 Å².